The molecule has 1 heterocycles. The molecule has 3 aromatic rings. The highest BCUT2D eigenvalue weighted by molar-refractivity contribution is 7.92. The zero-order chi connectivity index (χ0) is 23.9. The van der Waals surface area contributed by atoms with Gasteiger partial charge in [-0.15, -0.1) is 0 Å². The van der Waals surface area contributed by atoms with E-state index >= 15 is 0 Å². The first kappa shape index (κ1) is 22.3. The van der Waals surface area contributed by atoms with E-state index < -0.39 is 15.8 Å². The highest BCUT2D eigenvalue weighted by Crippen LogP contribution is 2.52. The van der Waals surface area contributed by atoms with Crippen LogP contribution in [0, 0.1) is 11.7 Å². The van der Waals surface area contributed by atoms with E-state index in [4.69, 9.17) is 9.47 Å². The summed E-state index contributed by atoms with van der Waals surface area (Å²) in [5.74, 6) is 1.18. The summed E-state index contributed by atoms with van der Waals surface area (Å²) < 4.78 is 53.0. The van der Waals surface area contributed by atoms with Gasteiger partial charge in [0, 0.05) is 22.9 Å². The molecule has 0 bridgehead atoms. The summed E-state index contributed by atoms with van der Waals surface area (Å²) >= 11 is 0. The lowest BCUT2D eigenvalue weighted by Gasteiger charge is -2.38. The molecule has 2 N–H and O–H groups in total. The van der Waals surface area contributed by atoms with Crippen LogP contribution in [0.15, 0.2) is 77.7 Å². The number of nitrogens with one attached hydrogen (secondary N) is 2. The normalized spacial score (nSPS) is 20.7. The van der Waals surface area contributed by atoms with Gasteiger partial charge in [-0.2, -0.15) is 0 Å². The Morgan fingerprint density at radius 2 is 1.79 bits per heavy atom. The van der Waals surface area contributed by atoms with Crippen molar-refractivity contribution in [1.29, 1.82) is 0 Å². The van der Waals surface area contributed by atoms with Crippen molar-refractivity contribution < 1.29 is 22.3 Å². The zero-order valence-corrected chi connectivity index (χ0v) is 19.6. The van der Waals surface area contributed by atoms with Crippen LogP contribution in [0.1, 0.15) is 29.5 Å². The molecule has 0 fully saturated rings. The van der Waals surface area contributed by atoms with Gasteiger partial charge in [0.15, 0.2) is 11.5 Å². The van der Waals surface area contributed by atoms with Crippen molar-refractivity contribution in [2.24, 2.45) is 5.92 Å². The maximum Gasteiger partial charge on any atom is 0.261 e. The van der Waals surface area contributed by atoms with Crippen molar-refractivity contribution in [1.82, 2.24) is 0 Å². The van der Waals surface area contributed by atoms with Crippen molar-refractivity contribution >= 4 is 21.4 Å². The number of sulfonamides is 1. The quantitative estimate of drug-likeness (QED) is 0.458. The van der Waals surface area contributed by atoms with Crippen LogP contribution in [-0.2, 0) is 10.0 Å². The smallest absolute Gasteiger partial charge is 0.261 e. The fourth-order valence-electron chi connectivity index (χ4n) is 4.94. The van der Waals surface area contributed by atoms with Gasteiger partial charge < -0.3 is 14.8 Å². The van der Waals surface area contributed by atoms with Crippen LogP contribution in [0.4, 0.5) is 15.8 Å². The molecule has 8 heteroatoms. The molecule has 3 atom stereocenters. The van der Waals surface area contributed by atoms with Gasteiger partial charge in [-0.25, -0.2) is 12.8 Å². The van der Waals surface area contributed by atoms with E-state index in [1.165, 1.54) is 24.3 Å². The van der Waals surface area contributed by atoms with E-state index in [9.17, 15) is 12.8 Å². The SMILES string of the molecule is COc1cccc([C@@H]2Nc3ccc(S(=O)(=O)Nc4ccc(F)cc4)cc3[C@@H]3C=CC[C@H]32)c1OC. The minimum Gasteiger partial charge on any atom is -0.493 e. The molecule has 5 rings (SSSR count). The molecule has 0 saturated heterocycles. The number of fused-ring (bicyclic) bond motifs is 3. The minimum atomic E-state index is -3.83. The van der Waals surface area contributed by atoms with Crippen LogP contribution >= 0.6 is 0 Å². The van der Waals surface area contributed by atoms with Gasteiger partial charge in [0.05, 0.1) is 25.2 Å². The fourth-order valence-corrected chi connectivity index (χ4v) is 6.03. The monoisotopic (exact) mass is 480 g/mol. The summed E-state index contributed by atoms with van der Waals surface area (Å²) in [4.78, 5) is 0.161. The van der Waals surface area contributed by atoms with Gasteiger partial charge in [0.1, 0.15) is 5.82 Å². The Hall–Kier alpha value is -3.52. The molecule has 6 nitrogen and oxygen atoms in total. The van der Waals surface area contributed by atoms with Gasteiger partial charge in [0.25, 0.3) is 10.0 Å². The van der Waals surface area contributed by atoms with Crippen LogP contribution in [-0.4, -0.2) is 22.6 Å². The second-order valence-corrected chi connectivity index (χ2v) is 10.1. The van der Waals surface area contributed by atoms with E-state index in [2.05, 4.69) is 22.2 Å². The van der Waals surface area contributed by atoms with Gasteiger partial charge in [-0.3, -0.25) is 4.72 Å². The van der Waals surface area contributed by atoms with Crippen LogP contribution < -0.4 is 19.5 Å². The van der Waals surface area contributed by atoms with Crippen LogP contribution in [0.5, 0.6) is 11.5 Å². The summed E-state index contributed by atoms with van der Waals surface area (Å²) in [6.45, 7) is 0. The maximum absolute atomic E-state index is 13.2. The molecule has 34 heavy (non-hydrogen) atoms. The molecule has 0 unspecified atom stereocenters. The molecular weight excluding hydrogens is 455 g/mol. The Bertz CT molecular complexity index is 1360. The number of para-hydroxylation sites is 1. The Morgan fingerprint density at radius 3 is 2.53 bits per heavy atom. The lowest BCUT2D eigenvalue weighted by molar-refractivity contribution is 0.341. The Morgan fingerprint density at radius 1 is 1.00 bits per heavy atom. The zero-order valence-electron chi connectivity index (χ0n) is 18.8. The van der Waals surface area contributed by atoms with Gasteiger partial charge in [-0.1, -0.05) is 24.3 Å². The van der Waals surface area contributed by atoms with E-state index in [0.717, 1.165) is 23.2 Å². The maximum atomic E-state index is 13.2. The largest absolute Gasteiger partial charge is 0.493 e. The molecule has 1 aliphatic heterocycles. The number of rotatable bonds is 6. The average Bonchev–Trinajstić information content (AvgIpc) is 3.34. The van der Waals surface area contributed by atoms with Crippen LogP contribution in [0.3, 0.4) is 0 Å². The van der Waals surface area contributed by atoms with Crippen molar-refractivity contribution in [3.63, 3.8) is 0 Å². The second-order valence-electron chi connectivity index (χ2n) is 8.42. The van der Waals surface area contributed by atoms with E-state index in [-0.39, 0.29) is 22.8 Å². The van der Waals surface area contributed by atoms with Gasteiger partial charge in [0.2, 0.25) is 0 Å². The summed E-state index contributed by atoms with van der Waals surface area (Å²) in [5, 5.41) is 3.61. The lowest BCUT2D eigenvalue weighted by atomic mass is 9.77. The van der Waals surface area contributed by atoms with E-state index in [0.29, 0.717) is 17.2 Å². The van der Waals surface area contributed by atoms with Crippen molar-refractivity contribution in [2.75, 3.05) is 24.3 Å². The topological polar surface area (TPSA) is 76.7 Å². The summed E-state index contributed by atoms with van der Waals surface area (Å²) in [6, 6.07) is 16.2. The molecular formula is C26H25FN2O4S. The number of methoxy groups -OCH3 is 2. The molecule has 0 amide bonds. The second kappa shape index (κ2) is 8.68. The predicted octanol–water partition coefficient (Wildman–Crippen LogP) is 5.47. The Kier molecular flexibility index (Phi) is 5.69. The first-order valence-corrected chi connectivity index (χ1v) is 12.5. The number of benzene rings is 3. The molecule has 1 aliphatic carbocycles. The van der Waals surface area contributed by atoms with Gasteiger partial charge >= 0.3 is 0 Å². The Labute approximate surface area is 198 Å². The highest BCUT2D eigenvalue weighted by atomic mass is 32.2. The molecule has 2 aliphatic rings. The summed E-state index contributed by atoms with van der Waals surface area (Å²) in [6.07, 6.45) is 5.14. The number of allylic oxidation sites excluding steroid dienone is 2. The third-order valence-electron chi connectivity index (χ3n) is 6.51. The van der Waals surface area contributed by atoms with Crippen molar-refractivity contribution in [2.45, 2.75) is 23.3 Å². The minimum absolute atomic E-state index is 0.0302. The average molecular weight is 481 g/mol. The number of hydrogen-bond acceptors (Lipinski definition) is 5. The number of halogens is 1. The van der Waals surface area contributed by atoms with E-state index in [1.54, 1.807) is 32.4 Å². The van der Waals surface area contributed by atoms with E-state index in [1.807, 2.05) is 18.2 Å². The lowest BCUT2D eigenvalue weighted by Crippen LogP contribution is -2.29. The predicted molar refractivity (Wildman–Crippen MR) is 130 cm³/mol. The number of hydrogen-bond donors (Lipinski definition) is 2. The van der Waals surface area contributed by atoms with Crippen molar-refractivity contribution in [3.8, 4) is 11.5 Å². The van der Waals surface area contributed by atoms with Gasteiger partial charge in [-0.05, 0) is 66.4 Å². The Balaban J connectivity index is 1.50. The molecule has 3 aromatic carbocycles. The van der Waals surface area contributed by atoms with Crippen molar-refractivity contribution in [3.05, 3.63) is 89.8 Å². The first-order chi connectivity index (χ1) is 16.4. The molecule has 0 radical (unpaired) electrons. The molecule has 0 spiro atoms. The third-order valence-corrected chi connectivity index (χ3v) is 7.89. The molecule has 0 saturated carbocycles. The highest BCUT2D eigenvalue weighted by Gasteiger charge is 2.40. The standard InChI is InChI=1S/C26H25FN2O4S/c1-32-24-8-4-7-21(26(24)33-2)25-20-6-3-5-19(20)22-15-18(13-14-23(22)28-25)34(30,31)29-17-11-9-16(27)10-12-17/h3-5,7-15,19-20,25,28-29H,6H2,1-2H3/t19-,20-,25-/m1/s1. The summed E-state index contributed by atoms with van der Waals surface area (Å²) in [5.41, 5.74) is 3.11. The molecule has 0 aromatic heterocycles. The number of ether oxygens (including phenoxy) is 2. The summed E-state index contributed by atoms with van der Waals surface area (Å²) in [7, 11) is -0.584. The molecule has 176 valence electrons. The number of anilines is 2. The fraction of sp³-hybridized carbons (Fsp3) is 0.231. The van der Waals surface area contributed by atoms with Crippen LogP contribution in [0.25, 0.3) is 0 Å². The third kappa shape index (κ3) is 3.88. The van der Waals surface area contributed by atoms with Crippen LogP contribution in [0.2, 0.25) is 0 Å². The first-order valence-electron chi connectivity index (χ1n) is 11.0.